The van der Waals surface area contributed by atoms with Crippen LogP contribution in [0, 0.1) is 37.3 Å². The van der Waals surface area contributed by atoms with Gasteiger partial charge in [-0.3, -0.25) is 0 Å². The third-order valence-electron chi connectivity index (χ3n) is 3.97. The van der Waals surface area contributed by atoms with Crippen molar-refractivity contribution in [3.63, 3.8) is 0 Å². The van der Waals surface area contributed by atoms with Crippen molar-refractivity contribution in [2.24, 2.45) is 14.1 Å². The van der Waals surface area contributed by atoms with Crippen LogP contribution in [0.4, 0.5) is 0 Å². The van der Waals surface area contributed by atoms with Gasteiger partial charge >= 0.3 is 155 Å². The first-order valence-corrected chi connectivity index (χ1v) is 10.2. The molecule has 0 saturated carbocycles. The molecule has 8 heteroatoms. The molecule has 2 heterocycles. The summed E-state index contributed by atoms with van der Waals surface area (Å²) in [5.41, 5.74) is 0. The fourth-order valence-corrected chi connectivity index (χ4v) is 3.77. The second kappa shape index (κ2) is 20.0. The molecule has 0 amide bonds. The van der Waals surface area contributed by atoms with E-state index in [1.54, 1.807) is 0 Å². The zero-order valence-electron chi connectivity index (χ0n) is 18.5. The van der Waals surface area contributed by atoms with Gasteiger partial charge in [0.15, 0.2) is 0 Å². The van der Waals surface area contributed by atoms with E-state index in [1.165, 1.54) is 46.1 Å². The van der Waals surface area contributed by atoms with Gasteiger partial charge in [-0.2, -0.15) is 0 Å². The van der Waals surface area contributed by atoms with E-state index in [0.717, 1.165) is 13.1 Å². The summed E-state index contributed by atoms with van der Waals surface area (Å²) in [5, 5.41) is 0. The summed E-state index contributed by atoms with van der Waals surface area (Å²) in [6.45, 7) is 2.30. The van der Waals surface area contributed by atoms with E-state index in [1.807, 2.05) is 0 Å². The molecule has 178 valence electrons. The Morgan fingerprint density at radius 2 is 0.857 bits per heavy atom. The summed E-state index contributed by atoms with van der Waals surface area (Å²) in [5.74, 6) is 0. The molecule has 0 aromatic carbocycles. The molecule has 28 heavy (non-hydrogen) atoms. The second-order valence-electron chi connectivity index (χ2n) is 5.81. The Labute approximate surface area is 196 Å². The fourth-order valence-electron chi connectivity index (χ4n) is 2.58. The predicted molar refractivity (Wildman–Crippen MR) is 117 cm³/mol. The van der Waals surface area contributed by atoms with E-state index >= 15 is 0 Å². The van der Waals surface area contributed by atoms with E-state index in [9.17, 15) is 0 Å². The van der Waals surface area contributed by atoms with Crippen molar-refractivity contribution in [2.75, 3.05) is 0 Å². The molecule has 2 aromatic rings. The number of nitrogens with zero attached hydrogens (tertiary/aromatic N) is 4. The molecule has 0 aliphatic heterocycles. The van der Waals surface area contributed by atoms with Crippen LogP contribution >= 0.6 is 0 Å². The number of unbranched alkanes of at least 4 members (excludes halogenated alkanes) is 5. The number of nitrogens with two attached hydrogens (primary N) is 2. The predicted octanol–water partition coefficient (Wildman–Crippen LogP) is 6.40. The van der Waals surface area contributed by atoms with Crippen LogP contribution in [0.3, 0.4) is 0 Å². The van der Waals surface area contributed by atoms with Crippen molar-refractivity contribution in [3.8, 4) is 0 Å². The smallest absolute Gasteiger partial charge is 0.358 e. The van der Waals surface area contributed by atoms with Crippen LogP contribution in [0.2, 0.25) is 0 Å². The maximum Gasteiger partial charge on any atom is -0.358 e. The zero-order chi connectivity index (χ0) is 15.9. The second-order valence-corrected chi connectivity index (χ2v) is 7.84. The van der Waals surface area contributed by atoms with Gasteiger partial charge in [-0.15, -0.1) is 0 Å². The van der Waals surface area contributed by atoms with Crippen molar-refractivity contribution in [1.29, 1.82) is 0 Å². The molecule has 0 bridgehead atoms. The largest absolute Gasteiger partial charge is 0.693 e. The van der Waals surface area contributed by atoms with Gasteiger partial charge in [0.25, 0.3) is 0 Å². The van der Waals surface area contributed by atoms with E-state index in [4.69, 9.17) is 0 Å². The SMILES string of the molecule is Cn1ccn(CCCCCCCCn2ccn(C)[c]2=[Pt])[c]1=[Pt].[CH3-].[CH3-].[CH3-].[CH3-].[NH2-].[NH2-]. The van der Waals surface area contributed by atoms with Crippen LogP contribution in [0.25, 0.3) is 12.3 Å². The molecular formula is C20H42N6Pt2-6. The molecular weight excluding hydrogens is 714 g/mol. The summed E-state index contributed by atoms with van der Waals surface area (Å²) in [6.07, 6.45) is 16.6. The monoisotopic (exact) mass is 756 g/mol. The van der Waals surface area contributed by atoms with Crippen LogP contribution in [0.1, 0.15) is 38.5 Å². The van der Waals surface area contributed by atoms with Gasteiger partial charge < -0.3 is 42.0 Å². The van der Waals surface area contributed by atoms with E-state index < -0.39 is 0 Å². The standard InChI is InChI=1S/C16H26N4.4CH3.2H2N.2Pt/c1-17-11-13-19(15-17)9-7-5-3-4-6-8-10-20-14-12-18(2)16-20;;;;;;;;/h11-14H,3-10H2,1-2H3;4*1H3;2*1H2;;/q;6*-1;;. The van der Waals surface area contributed by atoms with Gasteiger partial charge in [0.05, 0.1) is 0 Å². The van der Waals surface area contributed by atoms with Crippen LogP contribution in [0.5, 0.6) is 0 Å². The first-order chi connectivity index (χ1) is 10.6. The molecule has 0 unspecified atom stereocenters. The molecule has 0 fully saturated rings. The molecule has 4 N–H and O–H groups in total. The molecule has 6 nitrogen and oxygen atoms in total. The minimum absolute atomic E-state index is 0. The Hall–Kier alpha value is -0.283. The normalized spacial score (nSPS) is 8.93. The third-order valence-corrected chi connectivity index (χ3v) is 6.87. The minimum Gasteiger partial charge on any atom is -0.693 e. The molecule has 0 saturated heterocycles. The Morgan fingerprint density at radius 3 is 1.11 bits per heavy atom. The number of imidazole rings is 2. The van der Waals surface area contributed by atoms with Crippen LogP contribution in [-0.4, -0.2) is 18.3 Å². The van der Waals surface area contributed by atoms with E-state index in [2.05, 4.69) is 95.9 Å². The first-order valence-electron chi connectivity index (χ1n) is 7.94. The molecule has 0 atom stereocenters. The minimum atomic E-state index is 0. The number of aryl methyl sites for hydroxylation is 4. The Morgan fingerprint density at radius 1 is 0.571 bits per heavy atom. The maximum atomic E-state index is 2.39. The number of rotatable bonds is 9. The van der Waals surface area contributed by atoms with Crippen molar-refractivity contribution >= 4 is 0 Å². The Bertz CT molecular complexity index is 636. The average molecular weight is 757 g/mol. The molecule has 2 rings (SSSR count). The molecule has 0 aliphatic rings. The van der Waals surface area contributed by atoms with Gasteiger partial charge in [-0.25, -0.2) is 0 Å². The van der Waals surface area contributed by atoms with E-state index in [-0.39, 0.29) is 42.0 Å². The molecule has 0 radical (unpaired) electrons. The number of hydrogen-bond acceptors (Lipinski definition) is 0. The third kappa shape index (κ3) is 11.7. The van der Waals surface area contributed by atoms with Crippen LogP contribution < -0.4 is 0 Å². The summed E-state index contributed by atoms with van der Waals surface area (Å²) >= 11 is 4.79. The molecule has 2 aromatic heterocycles. The van der Waals surface area contributed by atoms with Crippen molar-refractivity contribution in [2.45, 2.75) is 51.6 Å². The molecule has 0 spiro atoms. The van der Waals surface area contributed by atoms with Gasteiger partial charge in [0.1, 0.15) is 0 Å². The van der Waals surface area contributed by atoms with Crippen LogP contribution in [-0.2, 0) is 65.9 Å². The zero-order valence-corrected chi connectivity index (χ0v) is 23.1. The maximum absolute atomic E-state index is 2.39. The van der Waals surface area contributed by atoms with Crippen molar-refractivity contribution in [3.05, 3.63) is 74.4 Å². The van der Waals surface area contributed by atoms with Gasteiger partial charge in [0, 0.05) is 0 Å². The number of aromatic nitrogens is 4. The quantitative estimate of drug-likeness (QED) is 0.210. The van der Waals surface area contributed by atoms with Gasteiger partial charge in [-0.1, -0.05) is 0 Å². The average Bonchev–Trinajstić information content (AvgIpc) is 2.99. The van der Waals surface area contributed by atoms with Crippen molar-refractivity contribution in [1.82, 2.24) is 18.3 Å². The Kier molecular flexibility index (Phi) is 27.4. The summed E-state index contributed by atoms with van der Waals surface area (Å²) in [4.78, 5) is 0. The summed E-state index contributed by atoms with van der Waals surface area (Å²) in [7, 11) is 4.20. The summed E-state index contributed by atoms with van der Waals surface area (Å²) < 4.78 is 11.7. The van der Waals surface area contributed by atoms with Gasteiger partial charge in [0.2, 0.25) is 0 Å². The molecule has 0 aliphatic carbocycles. The van der Waals surface area contributed by atoms with Crippen LogP contribution in [0.15, 0.2) is 24.8 Å². The Balaban J connectivity index is -0.000000294. The fraction of sp³-hybridized carbons (Fsp3) is 0.500. The topological polar surface area (TPSA) is 86.7 Å². The van der Waals surface area contributed by atoms with Crippen molar-refractivity contribution < 1.29 is 38.7 Å². The van der Waals surface area contributed by atoms with E-state index in [0.29, 0.717) is 0 Å². The van der Waals surface area contributed by atoms with Gasteiger partial charge in [-0.05, 0) is 0 Å². The number of hydrogen-bond donors (Lipinski definition) is 0. The summed E-state index contributed by atoms with van der Waals surface area (Å²) in [6, 6.07) is 0. The first kappa shape index (κ1) is 38.3.